The maximum Gasteiger partial charge on any atom is 0.208 e. The Hall–Kier alpha value is -2.11. The molecule has 1 saturated heterocycles. The van der Waals surface area contributed by atoms with Gasteiger partial charge in [-0.2, -0.15) is 0 Å². The van der Waals surface area contributed by atoms with Crippen LogP contribution in [0.15, 0.2) is 34.9 Å². The van der Waals surface area contributed by atoms with Crippen LogP contribution in [0.4, 0.5) is 5.69 Å². The summed E-state index contributed by atoms with van der Waals surface area (Å²) in [5, 5.41) is 4.84. The second kappa shape index (κ2) is 6.65. The third-order valence-corrected chi connectivity index (χ3v) is 5.01. The number of piperidine rings is 1. The Bertz CT molecular complexity index is 892. The molecular formula is C19H20ClN3O2. The SMILES string of the molecule is COC1CCCN(c2cc(-c3ccc(Cl)cc3)nc3c(C)noc23)C1. The molecule has 0 aliphatic carbocycles. The highest BCUT2D eigenvalue weighted by atomic mass is 35.5. The zero-order chi connectivity index (χ0) is 17.4. The predicted octanol–water partition coefficient (Wildman–Crippen LogP) is 4.47. The van der Waals surface area contributed by atoms with Crippen LogP contribution in [0.25, 0.3) is 22.4 Å². The Morgan fingerprint density at radius 1 is 1.28 bits per heavy atom. The number of pyridine rings is 1. The van der Waals surface area contributed by atoms with Crippen LogP contribution >= 0.6 is 11.6 Å². The minimum absolute atomic E-state index is 0.236. The van der Waals surface area contributed by atoms with Crippen molar-refractivity contribution in [2.24, 2.45) is 0 Å². The molecule has 1 aliphatic heterocycles. The lowest BCUT2D eigenvalue weighted by atomic mass is 10.1. The van der Waals surface area contributed by atoms with E-state index in [9.17, 15) is 0 Å². The molecular weight excluding hydrogens is 338 g/mol. The number of anilines is 1. The van der Waals surface area contributed by atoms with E-state index >= 15 is 0 Å². The number of ether oxygens (including phenoxy) is 1. The number of nitrogens with zero attached hydrogens (tertiary/aromatic N) is 3. The van der Waals surface area contributed by atoms with Gasteiger partial charge in [-0.1, -0.05) is 28.9 Å². The van der Waals surface area contributed by atoms with Gasteiger partial charge < -0.3 is 14.2 Å². The number of rotatable bonds is 3. The van der Waals surface area contributed by atoms with Gasteiger partial charge in [0.1, 0.15) is 11.2 Å². The molecule has 0 radical (unpaired) electrons. The van der Waals surface area contributed by atoms with Gasteiger partial charge in [0.15, 0.2) is 0 Å². The standard InChI is InChI=1S/C19H20ClN3O2/c1-12-18-19(25-22-12)17(23-9-3-4-15(11-23)24-2)10-16(21-18)13-5-7-14(20)8-6-13/h5-8,10,15H,3-4,9,11H2,1-2H3. The number of hydrogen-bond acceptors (Lipinski definition) is 5. The molecule has 1 aromatic carbocycles. The molecule has 5 nitrogen and oxygen atoms in total. The predicted molar refractivity (Wildman–Crippen MR) is 99.2 cm³/mol. The number of aryl methyl sites for hydroxylation is 1. The van der Waals surface area contributed by atoms with E-state index in [0.29, 0.717) is 5.02 Å². The van der Waals surface area contributed by atoms with Gasteiger partial charge in [-0.25, -0.2) is 4.98 Å². The lowest BCUT2D eigenvalue weighted by Gasteiger charge is -2.33. The van der Waals surface area contributed by atoms with Crippen LogP contribution in [0.3, 0.4) is 0 Å². The average Bonchev–Trinajstić information content (AvgIpc) is 3.03. The van der Waals surface area contributed by atoms with Gasteiger partial charge in [-0.05, 0) is 38.0 Å². The molecule has 1 fully saturated rings. The minimum atomic E-state index is 0.236. The van der Waals surface area contributed by atoms with E-state index in [2.05, 4.69) is 16.1 Å². The van der Waals surface area contributed by atoms with Crippen molar-refractivity contribution in [1.82, 2.24) is 10.1 Å². The Balaban J connectivity index is 1.83. The number of aromatic nitrogens is 2. The first-order chi connectivity index (χ1) is 12.2. The van der Waals surface area contributed by atoms with Crippen molar-refractivity contribution < 1.29 is 9.26 Å². The summed E-state index contributed by atoms with van der Waals surface area (Å²) in [6.07, 6.45) is 2.41. The summed E-state index contributed by atoms with van der Waals surface area (Å²) in [7, 11) is 1.77. The molecule has 0 bridgehead atoms. The second-order valence-electron chi connectivity index (χ2n) is 6.43. The molecule has 25 heavy (non-hydrogen) atoms. The van der Waals surface area contributed by atoms with Crippen LogP contribution in [0.2, 0.25) is 5.02 Å². The first-order valence-corrected chi connectivity index (χ1v) is 8.84. The van der Waals surface area contributed by atoms with Crippen molar-refractivity contribution in [2.75, 3.05) is 25.1 Å². The summed E-state index contributed by atoms with van der Waals surface area (Å²) in [6, 6.07) is 9.80. The summed E-state index contributed by atoms with van der Waals surface area (Å²) in [6.45, 7) is 3.73. The van der Waals surface area contributed by atoms with E-state index in [4.69, 9.17) is 25.8 Å². The van der Waals surface area contributed by atoms with Crippen molar-refractivity contribution in [3.63, 3.8) is 0 Å². The minimum Gasteiger partial charge on any atom is -0.380 e. The number of benzene rings is 1. The lowest BCUT2D eigenvalue weighted by Crippen LogP contribution is -2.39. The van der Waals surface area contributed by atoms with E-state index in [1.54, 1.807) is 7.11 Å². The van der Waals surface area contributed by atoms with Crippen LogP contribution in [-0.2, 0) is 4.74 Å². The molecule has 1 unspecified atom stereocenters. The van der Waals surface area contributed by atoms with Crippen LogP contribution in [0, 0.1) is 6.92 Å². The van der Waals surface area contributed by atoms with Crippen LogP contribution in [-0.4, -0.2) is 36.4 Å². The van der Waals surface area contributed by atoms with Gasteiger partial charge in [0.2, 0.25) is 5.58 Å². The van der Waals surface area contributed by atoms with Gasteiger partial charge in [-0.3, -0.25) is 0 Å². The molecule has 4 rings (SSSR count). The maximum atomic E-state index is 6.02. The van der Waals surface area contributed by atoms with Crippen LogP contribution < -0.4 is 4.90 Å². The second-order valence-corrected chi connectivity index (χ2v) is 6.86. The van der Waals surface area contributed by atoms with Gasteiger partial charge in [0.05, 0.1) is 17.5 Å². The molecule has 1 atom stereocenters. The summed E-state index contributed by atoms with van der Waals surface area (Å²) in [4.78, 5) is 7.08. The maximum absolute atomic E-state index is 6.02. The number of hydrogen-bond donors (Lipinski definition) is 0. The van der Waals surface area contributed by atoms with Crippen LogP contribution in [0.5, 0.6) is 0 Å². The summed E-state index contributed by atoms with van der Waals surface area (Å²) in [5.74, 6) is 0. The average molecular weight is 358 g/mol. The molecule has 3 heterocycles. The van der Waals surface area contributed by atoms with Crippen molar-refractivity contribution in [3.8, 4) is 11.3 Å². The van der Waals surface area contributed by atoms with E-state index in [0.717, 1.165) is 59.7 Å². The number of methoxy groups -OCH3 is 1. The molecule has 1 aliphatic rings. The third-order valence-electron chi connectivity index (χ3n) is 4.76. The third kappa shape index (κ3) is 3.10. The Morgan fingerprint density at radius 3 is 2.84 bits per heavy atom. The highest BCUT2D eigenvalue weighted by molar-refractivity contribution is 6.30. The molecule has 0 amide bonds. The first-order valence-electron chi connectivity index (χ1n) is 8.46. The highest BCUT2D eigenvalue weighted by Gasteiger charge is 2.24. The smallest absolute Gasteiger partial charge is 0.208 e. The van der Waals surface area contributed by atoms with E-state index in [1.165, 1.54) is 0 Å². The quantitative estimate of drug-likeness (QED) is 0.692. The van der Waals surface area contributed by atoms with Gasteiger partial charge in [-0.15, -0.1) is 0 Å². The molecule has 0 spiro atoms. The van der Waals surface area contributed by atoms with Crippen molar-refractivity contribution in [1.29, 1.82) is 0 Å². The normalized spacial score (nSPS) is 18.0. The fraction of sp³-hybridized carbons (Fsp3) is 0.368. The van der Waals surface area contributed by atoms with Gasteiger partial charge in [0, 0.05) is 30.8 Å². The molecule has 130 valence electrons. The molecule has 2 aromatic heterocycles. The Labute approximate surface area is 151 Å². The van der Waals surface area contributed by atoms with Crippen molar-refractivity contribution >= 4 is 28.4 Å². The fourth-order valence-corrected chi connectivity index (χ4v) is 3.49. The topological polar surface area (TPSA) is 51.4 Å². The first kappa shape index (κ1) is 16.4. The molecule has 0 N–H and O–H groups in total. The zero-order valence-electron chi connectivity index (χ0n) is 14.3. The Morgan fingerprint density at radius 2 is 2.08 bits per heavy atom. The number of halogens is 1. The van der Waals surface area contributed by atoms with Crippen LogP contribution in [0.1, 0.15) is 18.5 Å². The Kier molecular flexibility index (Phi) is 4.36. The number of fused-ring (bicyclic) bond motifs is 1. The fourth-order valence-electron chi connectivity index (χ4n) is 3.37. The van der Waals surface area contributed by atoms with E-state index in [-0.39, 0.29) is 6.10 Å². The molecule has 0 saturated carbocycles. The lowest BCUT2D eigenvalue weighted by molar-refractivity contribution is 0.0893. The van der Waals surface area contributed by atoms with Gasteiger partial charge >= 0.3 is 0 Å². The van der Waals surface area contributed by atoms with E-state index < -0.39 is 0 Å². The monoisotopic (exact) mass is 357 g/mol. The summed E-state index contributed by atoms with van der Waals surface area (Å²) in [5.41, 5.74) is 5.29. The largest absolute Gasteiger partial charge is 0.380 e. The molecule has 6 heteroatoms. The van der Waals surface area contributed by atoms with Crippen molar-refractivity contribution in [3.05, 3.63) is 41.0 Å². The summed E-state index contributed by atoms with van der Waals surface area (Å²) >= 11 is 6.02. The molecule has 3 aromatic rings. The van der Waals surface area contributed by atoms with Gasteiger partial charge in [0.25, 0.3) is 0 Å². The van der Waals surface area contributed by atoms with E-state index in [1.807, 2.05) is 31.2 Å². The highest BCUT2D eigenvalue weighted by Crippen LogP contribution is 2.34. The zero-order valence-corrected chi connectivity index (χ0v) is 15.1. The van der Waals surface area contributed by atoms with Crippen molar-refractivity contribution in [2.45, 2.75) is 25.9 Å². The summed E-state index contributed by atoms with van der Waals surface area (Å²) < 4.78 is 11.2.